The first-order valence-electron chi connectivity index (χ1n) is 5.44. The van der Waals surface area contributed by atoms with Gasteiger partial charge in [-0.25, -0.2) is 4.79 Å². The fourth-order valence-electron chi connectivity index (χ4n) is 1.26. The highest BCUT2D eigenvalue weighted by Crippen LogP contribution is 2.15. The summed E-state index contributed by atoms with van der Waals surface area (Å²) < 4.78 is 9.99. The summed E-state index contributed by atoms with van der Waals surface area (Å²) in [5.74, 6) is -0.434. The number of ether oxygens (including phenoxy) is 2. The highest BCUT2D eigenvalue weighted by atomic mass is 16.5. The van der Waals surface area contributed by atoms with Gasteiger partial charge in [0.25, 0.3) is 0 Å². The lowest BCUT2D eigenvalue weighted by Gasteiger charge is -2.07. The molecule has 4 nitrogen and oxygen atoms in total. The van der Waals surface area contributed by atoms with Crippen molar-refractivity contribution in [3.8, 4) is 0 Å². The molecule has 0 spiro atoms. The minimum Gasteiger partial charge on any atom is -0.498 e. The molecular weight excluding hydrogens is 220 g/mol. The van der Waals surface area contributed by atoms with Crippen LogP contribution in [-0.4, -0.2) is 30.9 Å². The molecule has 0 saturated carbocycles. The van der Waals surface area contributed by atoms with Gasteiger partial charge < -0.3 is 14.6 Å². The van der Waals surface area contributed by atoms with Crippen LogP contribution in [0.2, 0.25) is 0 Å². The van der Waals surface area contributed by atoms with Gasteiger partial charge in [-0.05, 0) is 12.5 Å². The van der Waals surface area contributed by atoms with Crippen molar-refractivity contribution in [2.75, 3.05) is 19.8 Å². The number of rotatable bonds is 6. The van der Waals surface area contributed by atoms with Gasteiger partial charge in [-0.15, -0.1) is 0 Å². The molecule has 0 amide bonds. The molecule has 0 aliphatic rings. The van der Waals surface area contributed by atoms with Crippen LogP contribution >= 0.6 is 0 Å². The van der Waals surface area contributed by atoms with Gasteiger partial charge in [0.05, 0.1) is 19.5 Å². The van der Waals surface area contributed by atoms with Crippen molar-refractivity contribution in [1.82, 2.24) is 0 Å². The number of carbonyl (C=O) groups excluding carboxylic acids is 1. The molecule has 0 bridgehead atoms. The fraction of sp³-hybridized carbons (Fsp3) is 0.308. The standard InChI is InChI=1S/C13H16O4/c1-2-17-13(15)12(10-16-9-8-14)11-6-4-3-5-7-11/h3-7,10,14H,2,8-9H2,1H3. The maximum absolute atomic E-state index is 11.7. The molecule has 0 radical (unpaired) electrons. The Hall–Kier alpha value is -1.81. The lowest BCUT2D eigenvalue weighted by molar-refractivity contribution is -0.136. The maximum Gasteiger partial charge on any atom is 0.341 e. The third-order valence-electron chi connectivity index (χ3n) is 1.99. The first-order chi connectivity index (χ1) is 8.29. The number of esters is 1. The highest BCUT2D eigenvalue weighted by molar-refractivity contribution is 6.16. The normalized spacial score (nSPS) is 11.1. The predicted octanol–water partition coefficient (Wildman–Crippen LogP) is 1.60. The Kier molecular flexibility index (Phi) is 5.82. The molecular formula is C13H16O4. The van der Waals surface area contributed by atoms with Crippen LogP contribution in [0, 0.1) is 0 Å². The van der Waals surface area contributed by atoms with E-state index in [1.165, 1.54) is 6.26 Å². The van der Waals surface area contributed by atoms with Gasteiger partial charge in [-0.1, -0.05) is 30.3 Å². The molecule has 0 saturated heterocycles. The molecule has 0 aromatic heterocycles. The molecule has 17 heavy (non-hydrogen) atoms. The van der Waals surface area contributed by atoms with E-state index in [9.17, 15) is 4.79 Å². The largest absolute Gasteiger partial charge is 0.498 e. The van der Waals surface area contributed by atoms with E-state index in [0.717, 1.165) is 5.56 Å². The van der Waals surface area contributed by atoms with Crippen molar-refractivity contribution in [2.24, 2.45) is 0 Å². The fourth-order valence-corrected chi connectivity index (χ4v) is 1.26. The van der Waals surface area contributed by atoms with E-state index in [-0.39, 0.29) is 13.2 Å². The van der Waals surface area contributed by atoms with E-state index in [4.69, 9.17) is 14.6 Å². The number of benzene rings is 1. The first kappa shape index (κ1) is 13.3. The van der Waals surface area contributed by atoms with Gasteiger partial charge >= 0.3 is 5.97 Å². The number of carbonyl (C=O) groups is 1. The molecule has 1 N–H and O–H groups in total. The summed E-state index contributed by atoms with van der Waals surface area (Å²) in [5, 5.41) is 8.62. The molecule has 0 heterocycles. The van der Waals surface area contributed by atoms with E-state index in [2.05, 4.69) is 0 Å². The second kappa shape index (κ2) is 7.46. The summed E-state index contributed by atoms with van der Waals surface area (Å²) >= 11 is 0. The molecule has 0 unspecified atom stereocenters. The van der Waals surface area contributed by atoms with Gasteiger partial charge in [-0.2, -0.15) is 0 Å². The molecule has 1 rings (SSSR count). The second-order valence-electron chi connectivity index (χ2n) is 3.21. The molecule has 1 aromatic carbocycles. The van der Waals surface area contributed by atoms with Crippen molar-refractivity contribution in [3.63, 3.8) is 0 Å². The van der Waals surface area contributed by atoms with Gasteiger partial charge in [0.2, 0.25) is 0 Å². The van der Waals surface area contributed by atoms with Crippen molar-refractivity contribution in [2.45, 2.75) is 6.92 Å². The lowest BCUT2D eigenvalue weighted by Crippen LogP contribution is -2.08. The summed E-state index contributed by atoms with van der Waals surface area (Å²) in [4.78, 5) is 11.7. The number of aliphatic hydroxyl groups excluding tert-OH is 1. The molecule has 0 fully saturated rings. The van der Waals surface area contributed by atoms with E-state index in [0.29, 0.717) is 12.2 Å². The summed E-state index contributed by atoms with van der Waals surface area (Å²) in [5.41, 5.74) is 1.07. The Morgan fingerprint density at radius 1 is 1.35 bits per heavy atom. The Morgan fingerprint density at radius 2 is 2.06 bits per heavy atom. The van der Waals surface area contributed by atoms with E-state index < -0.39 is 5.97 Å². The zero-order valence-electron chi connectivity index (χ0n) is 9.76. The predicted molar refractivity (Wildman–Crippen MR) is 64.1 cm³/mol. The zero-order chi connectivity index (χ0) is 12.5. The zero-order valence-corrected chi connectivity index (χ0v) is 9.76. The number of hydrogen-bond donors (Lipinski definition) is 1. The third-order valence-corrected chi connectivity index (χ3v) is 1.99. The maximum atomic E-state index is 11.7. The van der Waals surface area contributed by atoms with Crippen molar-refractivity contribution in [1.29, 1.82) is 0 Å². The van der Waals surface area contributed by atoms with Crippen LogP contribution in [0.5, 0.6) is 0 Å². The number of hydrogen-bond acceptors (Lipinski definition) is 4. The minimum absolute atomic E-state index is 0.0958. The Balaban J connectivity index is 2.86. The summed E-state index contributed by atoms with van der Waals surface area (Å²) in [7, 11) is 0. The van der Waals surface area contributed by atoms with Crippen LogP contribution in [0.4, 0.5) is 0 Å². The number of aliphatic hydroxyl groups is 1. The smallest absolute Gasteiger partial charge is 0.341 e. The van der Waals surface area contributed by atoms with Crippen LogP contribution in [0.3, 0.4) is 0 Å². The van der Waals surface area contributed by atoms with Gasteiger partial charge in [0.1, 0.15) is 12.2 Å². The monoisotopic (exact) mass is 236 g/mol. The van der Waals surface area contributed by atoms with E-state index in [1.807, 2.05) is 18.2 Å². The lowest BCUT2D eigenvalue weighted by atomic mass is 10.1. The quantitative estimate of drug-likeness (QED) is 0.353. The third kappa shape index (κ3) is 4.28. The van der Waals surface area contributed by atoms with Crippen molar-refractivity contribution in [3.05, 3.63) is 42.2 Å². The van der Waals surface area contributed by atoms with E-state index in [1.54, 1.807) is 19.1 Å². The van der Waals surface area contributed by atoms with Gasteiger partial charge in [0, 0.05) is 0 Å². The second-order valence-corrected chi connectivity index (χ2v) is 3.21. The molecule has 0 atom stereocenters. The van der Waals surface area contributed by atoms with E-state index >= 15 is 0 Å². The van der Waals surface area contributed by atoms with Crippen LogP contribution in [0.25, 0.3) is 5.57 Å². The Bertz CT molecular complexity index is 370. The van der Waals surface area contributed by atoms with Gasteiger partial charge in [0.15, 0.2) is 0 Å². The van der Waals surface area contributed by atoms with Crippen LogP contribution in [0.1, 0.15) is 12.5 Å². The highest BCUT2D eigenvalue weighted by Gasteiger charge is 2.13. The minimum atomic E-state index is -0.434. The summed E-state index contributed by atoms with van der Waals surface area (Å²) in [6.07, 6.45) is 1.32. The Labute approximate surface area is 100 Å². The average Bonchev–Trinajstić information content (AvgIpc) is 2.36. The first-order valence-corrected chi connectivity index (χ1v) is 5.44. The molecule has 0 aliphatic carbocycles. The molecule has 1 aromatic rings. The van der Waals surface area contributed by atoms with Gasteiger partial charge in [-0.3, -0.25) is 0 Å². The van der Waals surface area contributed by atoms with Crippen molar-refractivity contribution < 1.29 is 19.4 Å². The molecule has 92 valence electrons. The van der Waals surface area contributed by atoms with Crippen LogP contribution in [0.15, 0.2) is 36.6 Å². The molecule has 4 heteroatoms. The summed E-state index contributed by atoms with van der Waals surface area (Å²) in [6.45, 7) is 2.11. The average molecular weight is 236 g/mol. The molecule has 0 aliphatic heterocycles. The summed E-state index contributed by atoms with van der Waals surface area (Å²) in [6, 6.07) is 9.11. The SMILES string of the molecule is CCOC(=O)C(=COCCO)c1ccccc1. The topological polar surface area (TPSA) is 55.8 Å². The Morgan fingerprint density at radius 3 is 2.65 bits per heavy atom. The van der Waals surface area contributed by atoms with Crippen LogP contribution in [-0.2, 0) is 14.3 Å². The van der Waals surface area contributed by atoms with Crippen molar-refractivity contribution >= 4 is 11.5 Å². The van der Waals surface area contributed by atoms with Crippen LogP contribution < -0.4 is 0 Å².